The van der Waals surface area contributed by atoms with Crippen molar-refractivity contribution in [2.24, 2.45) is 5.41 Å². The van der Waals surface area contributed by atoms with Gasteiger partial charge in [0.15, 0.2) is 5.78 Å². The smallest absolute Gasteiger partial charge is 0.169 e. The Morgan fingerprint density at radius 3 is 2.33 bits per heavy atom. The number of Topliss-reactive ketones (excluding diaryl/α,β-unsaturated/α-hetero) is 1. The van der Waals surface area contributed by atoms with Crippen LogP contribution in [-0.4, -0.2) is 11.7 Å². The first-order chi connectivity index (χ1) is 6.88. The highest BCUT2D eigenvalue weighted by molar-refractivity contribution is 6.42. The van der Waals surface area contributed by atoms with Gasteiger partial charge in [-0.2, -0.15) is 0 Å². The van der Waals surface area contributed by atoms with E-state index in [4.69, 9.17) is 34.8 Å². The number of rotatable bonds is 3. The summed E-state index contributed by atoms with van der Waals surface area (Å²) in [6, 6.07) is 4.84. The van der Waals surface area contributed by atoms with E-state index in [0.717, 1.165) is 0 Å². The number of carbonyl (C=O) groups excluding carboxylic acids is 1. The molecule has 0 saturated heterocycles. The third kappa shape index (κ3) is 2.87. The molecule has 0 heterocycles. The zero-order valence-corrected chi connectivity index (χ0v) is 10.7. The van der Waals surface area contributed by atoms with Gasteiger partial charge in [-0.1, -0.05) is 37.0 Å². The highest BCUT2D eigenvalue weighted by Crippen LogP contribution is 2.28. The van der Waals surface area contributed by atoms with E-state index in [-0.39, 0.29) is 11.7 Å². The normalized spacial score (nSPS) is 11.5. The summed E-state index contributed by atoms with van der Waals surface area (Å²) in [5.74, 6) is 0.238. The van der Waals surface area contributed by atoms with Crippen molar-refractivity contribution < 1.29 is 4.79 Å². The van der Waals surface area contributed by atoms with Crippen LogP contribution in [0.15, 0.2) is 18.2 Å². The van der Waals surface area contributed by atoms with E-state index >= 15 is 0 Å². The maximum absolute atomic E-state index is 12.0. The molecule has 82 valence electrons. The molecule has 1 aromatic rings. The minimum atomic E-state index is -0.585. The summed E-state index contributed by atoms with van der Waals surface area (Å²) in [6.45, 7) is 3.59. The van der Waals surface area contributed by atoms with Gasteiger partial charge in [-0.25, -0.2) is 0 Å². The number of alkyl halides is 1. The van der Waals surface area contributed by atoms with Gasteiger partial charge in [-0.3, -0.25) is 4.79 Å². The molecule has 0 unspecified atom stereocenters. The van der Waals surface area contributed by atoms with Crippen molar-refractivity contribution in [3.05, 3.63) is 33.8 Å². The lowest BCUT2D eigenvalue weighted by molar-refractivity contribution is 0.0862. The van der Waals surface area contributed by atoms with Crippen molar-refractivity contribution >= 4 is 40.6 Å². The van der Waals surface area contributed by atoms with Crippen molar-refractivity contribution in [3.63, 3.8) is 0 Å². The van der Waals surface area contributed by atoms with Crippen molar-refractivity contribution in [1.29, 1.82) is 0 Å². The predicted octanol–water partition coefficient (Wildman–Crippen LogP) is 4.44. The van der Waals surface area contributed by atoms with Crippen LogP contribution in [0.1, 0.15) is 24.2 Å². The number of carbonyl (C=O) groups is 1. The third-order valence-corrected chi connectivity index (χ3v) is 3.54. The SMILES string of the molecule is CC(C)(CCl)C(=O)c1ccc(Cl)c(Cl)c1. The molecule has 1 rings (SSSR count). The average molecular weight is 266 g/mol. The molecule has 15 heavy (non-hydrogen) atoms. The Morgan fingerprint density at radius 2 is 1.87 bits per heavy atom. The molecule has 0 aromatic heterocycles. The monoisotopic (exact) mass is 264 g/mol. The summed E-state index contributed by atoms with van der Waals surface area (Å²) >= 11 is 17.3. The highest BCUT2D eigenvalue weighted by Gasteiger charge is 2.27. The molecular weight excluding hydrogens is 254 g/mol. The summed E-state index contributed by atoms with van der Waals surface area (Å²) < 4.78 is 0. The summed E-state index contributed by atoms with van der Waals surface area (Å²) in [4.78, 5) is 12.0. The zero-order valence-electron chi connectivity index (χ0n) is 8.48. The van der Waals surface area contributed by atoms with Crippen LogP contribution < -0.4 is 0 Å². The van der Waals surface area contributed by atoms with E-state index in [1.54, 1.807) is 32.0 Å². The Labute approximate surface area is 104 Å². The van der Waals surface area contributed by atoms with Crippen LogP contribution in [0.2, 0.25) is 10.0 Å². The second-order valence-corrected chi connectivity index (χ2v) is 5.06. The van der Waals surface area contributed by atoms with E-state index in [0.29, 0.717) is 15.6 Å². The summed E-state index contributed by atoms with van der Waals surface area (Å²) in [7, 11) is 0. The van der Waals surface area contributed by atoms with Crippen molar-refractivity contribution in [2.45, 2.75) is 13.8 Å². The number of ketones is 1. The quantitative estimate of drug-likeness (QED) is 0.583. The van der Waals surface area contributed by atoms with Gasteiger partial charge in [0.05, 0.1) is 10.0 Å². The number of hydrogen-bond acceptors (Lipinski definition) is 1. The molecule has 0 atom stereocenters. The van der Waals surface area contributed by atoms with Gasteiger partial charge in [-0.05, 0) is 18.2 Å². The molecule has 0 N–H and O–H groups in total. The first kappa shape index (κ1) is 12.8. The van der Waals surface area contributed by atoms with Crippen LogP contribution in [0.4, 0.5) is 0 Å². The molecule has 4 heteroatoms. The molecule has 0 bridgehead atoms. The maximum atomic E-state index is 12.0. The number of benzene rings is 1. The Balaban J connectivity index is 3.08. The Morgan fingerprint density at radius 1 is 1.27 bits per heavy atom. The molecule has 0 aliphatic rings. The van der Waals surface area contributed by atoms with Gasteiger partial charge in [0.2, 0.25) is 0 Å². The zero-order chi connectivity index (χ0) is 11.6. The van der Waals surface area contributed by atoms with Crippen LogP contribution in [0.5, 0.6) is 0 Å². The molecule has 0 aliphatic carbocycles. The third-order valence-electron chi connectivity index (χ3n) is 2.13. The molecule has 0 aliphatic heterocycles. The molecule has 0 amide bonds. The van der Waals surface area contributed by atoms with Gasteiger partial charge in [0.25, 0.3) is 0 Å². The second-order valence-electron chi connectivity index (χ2n) is 3.98. The second kappa shape index (κ2) is 4.73. The molecule has 1 aromatic carbocycles. The number of halogens is 3. The van der Waals surface area contributed by atoms with Crippen LogP contribution in [0, 0.1) is 5.41 Å². The van der Waals surface area contributed by atoms with Crippen LogP contribution in [0.3, 0.4) is 0 Å². The molecule has 0 spiro atoms. The summed E-state index contributed by atoms with van der Waals surface area (Å²) in [5.41, 5.74) is -0.0475. The highest BCUT2D eigenvalue weighted by atomic mass is 35.5. The largest absolute Gasteiger partial charge is 0.294 e. The van der Waals surface area contributed by atoms with Crippen molar-refractivity contribution in [3.8, 4) is 0 Å². The lowest BCUT2D eigenvalue weighted by Gasteiger charge is -2.19. The fourth-order valence-corrected chi connectivity index (χ4v) is 1.51. The van der Waals surface area contributed by atoms with Crippen LogP contribution >= 0.6 is 34.8 Å². The summed E-state index contributed by atoms with van der Waals surface area (Å²) in [6.07, 6.45) is 0. The first-order valence-corrected chi connectivity index (χ1v) is 5.73. The van der Waals surface area contributed by atoms with Crippen molar-refractivity contribution in [1.82, 2.24) is 0 Å². The predicted molar refractivity (Wildman–Crippen MR) is 65.3 cm³/mol. The Kier molecular flexibility index (Phi) is 4.05. The maximum Gasteiger partial charge on any atom is 0.169 e. The van der Waals surface area contributed by atoms with Gasteiger partial charge >= 0.3 is 0 Å². The first-order valence-electron chi connectivity index (χ1n) is 4.44. The van der Waals surface area contributed by atoms with E-state index in [1.165, 1.54) is 0 Å². The molecular formula is C11H11Cl3O. The van der Waals surface area contributed by atoms with E-state index < -0.39 is 5.41 Å². The molecule has 0 saturated carbocycles. The lowest BCUT2D eigenvalue weighted by atomic mass is 9.86. The van der Waals surface area contributed by atoms with E-state index in [2.05, 4.69) is 0 Å². The standard InChI is InChI=1S/C11H11Cl3O/c1-11(2,6-12)10(15)7-3-4-8(13)9(14)5-7/h3-5H,6H2,1-2H3. The van der Waals surface area contributed by atoms with Gasteiger partial charge in [0.1, 0.15) is 0 Å². The minimum absolute atomic E-state index is 0.0314. The van der Waals surface area contributed by atoms with E-state index in [9.17, 15) is 4.79 Å². The Hall–Kier alpha value is -0.240. The fraction of sp³-hybridized carbons (Fsp3) is 0.364. The Bertz CT molecular complexity index is 385. The minimum Gasteiger partial charge on any atom is -0.294 e. The summed E-state index contributed by atoms with van der Waals surface area (Å²) in [5, 5.41) is 0.824. The van der Waals surface area contributed by atoms with Gasteiger partial charge < -0.3 is 0 Å². The molecule has 0 radical (unpaired) electrons. The topological polar surface area (TPSA) is 17.1 Å². The average Bonchev–Trinajstić information content (AvgIpc) is 2.21. The molecule has 0 fully saturated rings. The lowest BCUT2D eigenvalue weighted by Crippen LogP contribution is -2.26. The van der Waals surface area contributed by atoms with E-state index in [1.807, 2.05) is 0 Å². The number of hydrogen-bond donors (Lipinski definition) is 0. The van der Waals surface area contributed by atoms with Crippen LogP contribution in [-0.2, 0) is 0 Å². The fourth-order valence-electron chi connectivity index (χ4n) is 1.09. The van der Waals surface area contributed by atoms with Gasteiger partial charge in [0, 0.05) is 16.9 Å². The van der Waals surface area contributed by atoms with Crippen molar-refractivity contribution in [2.75, 3.05) is 5.88 Å². The molecule has 1 nitrogen and oxygen atoms in total. The van der Waals surface area contributed by atoms with Crippen LogP contribution in [0.25, 0.3) is 0 Å². The van der Waals surface area contributed by atoms with Gasteiger partial charge in [-0.15, -0.1) is 11.6 Å².